The Balaban J connectivity index is 1.54. The smallest absolute Gasteiger partial charge is 0.261 e. The molecule has 0 saturated carbocycles. The third-order valence-electron chi connectivity index (χ3n) is 4.17. The summed E-state index contributed by atoms with van der Waals surface area (Å²) in [4.78, 5) is 28.2. The van der Waals surface area contributed by atoms with Gasteiger partial charge in [0.1, 0.15) is 0 Å². The van der Waals surface area contributed by atoms with Gasteiger partial charge in [-0.05, 0) is 44.6 Å². The van der Waals surface area contributed by atoms with Gasteiger partial charge in [-0.1, -0.05) is 12.1 Å². The van der Waals surface area contributed by atoms with Gasteiger partial charge in [0.2, 0.25) is 0 Å². The Hall–Kier alpha value is -1.72. The van der Waals surface area contributed by atoms with E-state index in [2.05, 4.69) is 10.2 Å². The van der Waals surface area contributed by atoms with Gasteiger partial charge in [0.25, 0.3) is 11.8 Å². The van der Waals surface area contributed by atoms with Crippen molar-refractivity contribution in [1.82, 2.24) is 15.1 Å². The van der Waals surface area contributed by atoms with Gasteiger partial charge in [-0.3, -0.25) is 14.5 Å². The van der Waals surface area contributed by atoms with Crippen molar-refractivity contribution in [2.24, 2.45) is 0 Å². The molecule has 0 bridgehead atoms. The zero-order chi connectivity index (χ0) is 14.7. The molecule has 0 radical (unpaired) electrons. The molecule has 5 heteroatoms. The SMILES string of the molecule is O=C1c2ccccc2C(=O)N1CCCN1CCCNCC1. The molecular weight excluding hydrogens is 266 g/mol. The number of nitrogens with zero attached hydrogens (tertiary/aromatic N) is 2. The lowest BCUT2D eigenvalue weighted by atomic mass is 10.1. The lowest BCUT2D eigenvalue weighted by Gasteiger charge is -2.21. The Morgan fingerprint density at radius 2 is 1.67 bits per heavy atom. The summed E-state index contributed by atoms with van der Waals surface area (Å²) in [6.07, 6.45) is 2.00. The molecule has 0 spiro atoms. The largest absolute Gasteiger partial charge is 0.315 e. The number of carbonyl (C=O) groups is 2. The van der Waals surface area contributed by atoms with E-state index in [1.165, 1.54) is 4.90 Å². The van der Waals surface area contributed by atoms with E-state index in [1.54, 1.807) is 24.3 Å². The summed E-state index contributed by atoms with van der Waals surface area (Å²) in [6.45, 7) is 5.69. The zero-order valence-corrected chi connectivity index (χ0v) is 12.2. The molecule has 1 saturated heterocycles. The summed E-state index contributed by atoms with van der Waals surface area (Å²) in [5.41, 5.74) is 1.09. The summed E-state index contributed by atoms with van der Waals surface area (Å²) < 4.78 is 0. The van der Waals surface area contributed by atoms with E-state index in [0.29, 0.717) is 17.7 Å². The maximum absolute atomic E-state index is 12.2. The number of benzene rings is 1. The maximum Gasteiger partial charge on any atom is 0.261 e. The number of imide groups is 1. The van der Waals surface area contributed by atoms with Gasteiger partial charge in [-0.15, -0.1) is 0 Å². The van der Waals surface area contributed by atoms with Crippen LogP contribution in [0.2, 0.25) is 0 Å². The van der Waals surface area contributed by atoms with Crippen LogP contribution in [0.4, 0.5) is 0 Å². The first-order valence-electron chi connectivity index (χ1n) is 7.65. The van der Waals surface area contributed by atoms with Crippen molar-refractivity contribution in [3.63, 3.8) is 0 Å². The minimum Gasteiger partial charge on any atom is -0.315 e. The van der Waals surface area contributed by atoms with Crippen molar-refractivity contribution >= 4 is 11.8 Å². The summed E-state index contributed by atoms with van der Waals surface area (Å²) in [5, 5.41) is 3.37. The van der Waals surface area contributed by atoms with Crippen LogP contribution in [0.1, 0.15) is 33.6 Å². The van der Waals surface area contributed by atoms with E-state index in [4.69, 9.17) is 0 Å². The Morgan fingerprint density at radius 3 is 2.38 bits per heavy atom. The summed E-state index contributed by atoms with van der Waals surface area (Å²) in [5.74, 6) is -0.290. The molecule has 21 heavy (non-hydrogen) atoms. The molecule has 5 nitrogen and oxygen atoms in total. The van der Waals surface area contributed by atoms with E-state index in [-0.39, 0.29) is 11.8 Å². The summed E-state index contributed by atoms with van der Waals surface area (Å²) in [7, 11) is 0. The standard InChI is InChI=1S/C16H21N3O2/c20-15-13-5-1-2-6-14(13)16(21)19(15)11-4-10-18-9-3-7-17-8-12-18/h1-2,5-6,17H,3-4,7-12H2. The molecule has 2 amide bonds. The van der Waals surface area contributed by atoms with Crippen LogP contribution < -0.4 is 5.32 Å². The predicted octanol–water partition coefficient (Wildman–Crippen LogP) is 0.968. The average molecular weight is 287 g/mol. The van der Waals surface area contributed by atoms with Crippen LogP contribution >= 0.6 is 0 Å². The highest BCUT2D eigenvalue weighted by molar-refractivity contribution is 6.21. The molecule has 1 fully saturated rings. The fourth-order valence-electron chi connectivity index (χ4n) is 3.02. The number of nitrogens with one attached hydrogen (secondary N) is 1. The molecule has 2 aliphatic rings. The molecule has 0 aromatic heterocycles. The summed E-state index contributed by atoms with van der Waals surface area (Å²) >= 11 is 0. The molecule has 1 aromatic rings. The highest BCUT2D eigenvalue weighted by Crippen LogP contribution is 2.22. The lowest BCUT2D eigenvalue weighted by molar-refractivity contribution is 0.0647. The third kappa shape index (κ3) is 2.99. The van der Waals surface area contributed by atoms with Crippen molar-refractivity contribution in [3.8, 4) is 0 Å². The number of carbonyl (C=O) groups excluding carboxylic acids is 2. The minimum atomic E-state index is -0.145. The fraction of sp³-hybridized carbons (Fsp3) is 0.500. The molecule has 3 rings (SSSR count). The first-order valence-corrected chi connectivity index (χ1v) is 7.65. The van der Waals surface area contributed by atoms with Crippen molar-refractivity contribution in [1.29, 1.82) is 0 Å². The molecule has 1 N–H and O–H groups in total. The van der Waals surface area contributed by atoms with Crippen LogP contribution in [-0.4, -0.2) is 60.9 Å². The van der Waals surface area contributed by atoms with Crippen LogP contribution in [0.5, 0.6) is 0 Å². The third-order valence-corrected chi connectivity index (χ3v) is 4.17. The number of hydrogen-bond donors (Lipinski definition) is 1. The van der Waals surface area contributed by atoms with E-state index in [0.717, 1.165) is 45.6 Å². The van der Waals surface area contributed by atoms with E-state index in [1.807, 2.05) is 0 Å². The van der Waals surface area contributed by atoms with Crippen molar-refractivity contribution in [2.45, 2.75) is 12.8 Å². The van der Waals surface area contributed by atoms with Crippen LogP contribution in [0.25, 0.3) is 0 Å². The van der Waals surface area contributed by atoms with Gasteiger partial charge in [0.05, 0.1) is 11.1 Å². The molecule has 2 heterocycles. The first-order chi connectivity index (χ1) is 10.3. The second-order valence-electron chi connectivity index (χ2n) is 5.61. The van der Waals surface area contributed by atoms with Crippen LogP contribution in [0.3, 0.4) is 0 Å². The normalized spacial score (nSPS) is 19.7. The molecule has 0 unspecified atom stereocenters. The average Bonchev–Trinajstić information content (AvgIpc) is 2.70. The maximum atomic E-state index is 12.2. The van der Waals surface area contributed by atoms with Crippen molar-refractivity contribution in [3.05, 3.63) is 35.4 Å². The molecule has 0 atom stereocenters. The van der Waals surface area contributed by atoms with Crippen LogP contribution in [-0.2, 0) is 0 Å². The molecule has 1 aromatic carbocycles. The van der Waals surface area contributed by atoms with Gasteiger partial charge in [-0.2, -0.15) is 0 Å². The Morgan fingerprint density at radius 1 is 0.952 bits per heavy atom. The summed E-state index contributed by atoms with van der Waals surface area (Å²) in [6, 6.07) is 7.07. The van der Waals surface area contributed by atoms with Crippen LogP contribution in [0.15, 0.2) is 24.3 Å². The number of hydrogen-bond acceptors (Lipinski definition) is 4. The Labute approximate surface area is 124 Å². The molecule has 112 valence electrons. The zero-order valence-electron chi connectivity index (χ0n) is 12.2. The first kappa shape index (κ1) is 14.2. The van der Waals surface area contributed by atoms with Gasteiger partial charge in [-0.25, -0.2) is 0 Å². The van der Waals surface area contributed by atoms with Gasteiger partial charge < -0.3 is 10.2 Å². The highest BCUT2D eigenvalue weighted by Gasteiger charge is 2.34. The lowest BCUT2D eigenvalue weighted by Crippen LogP contribution is -2.34. The van der Waals surface area contributed by atoms with Crippen molar-refractivity contribution < 1.29 is 9.59 Å². The highest BCUT2D eigenvalue weighted by atomic mass is 16.2. The predicted molar refractivity (Wildman–Crippen MR) is 80.4 cm³/mol. The van der Waals surface area contributed by atoms with E-state index >= 15 is 0 Å². The Bertz CT molecular complexity index is 501. The topological polar surface area (TPSA) is 52.7 Å². The monoisotopic (exact) mass is 287 g/mol. The second-order valence-corrected chi connectivity index (χ2v) is 5.61. The second kappa shape index (κ2) is 6.37. The molecule has 0 aliphatic carbocycles. The van der Waals surface area contributed by atoms with Gasteiger partial charge in [0.15, 0.2) is 0 Å². The Kier molecular flexibility index (Phi) is 4.31. The van der Waals surface area contributed by atoms with E-state index < -0.39 is 0 Å². The quantitative estimate of drug-likeness (QED) is 0.838. The molecule has 2 aliphatic heterocycles. The molecular formula is C16H21N3O2. The van der Waals surface area contributed by atoms with Gasteiger partial charge in [0, 0.05) is 19.6 Å². The van der Waals surface area contributed by atoms with Crippen molar-refractivity contribution in [2.75, 3.05) is 39.3 Å². The number of rotatable bonds is 4. The fourth-order valence-corrected chi connectivity index (χ4v) is 3.02. The number of amides is 2. The minimum absolute atomic E-state index is 0.145. The van der Waals surface area contributed by atoms with Gasteiger partial charge >= 0.3 is 0 Å². The van der Waals surface area contributed by atoms with Crippen LogP contribution in [0, 0.1) is 0 Å². The number of fused-ring (bicyclic) bond motifs is 1. The van der Waals surface area contributed by atoms with E-state index in [9.17, 15) is 9.59 Å².